The van der Waals surface area contributed by atoms with Crippen LogP contribution in [0.25, 0.3) is 61.2 Å². The standard InChI is InChI=1S/C61H51BN2S4/c1-35(2)40-29-47-57-48(30-40)64(44-20-14-18-37(28-44)54-32-39-16-10-12-22-50(39)66-54)59-56(46-34-42(61(6,7)8)24-26-52(46)68-59)62(57)55-45-33-41(60(3,4)5)23-25-51(45)67-58(55)63(47)43-19-13-17-36(27-43)53-31-38-15-9-11-21-49(38)65-53/h9-35H,1-8H3. The van der Waals surface area contributed by atoms with Crippen molar-refractivity contribution in [1.29, 1.82) is 0 Å². The molecule has 0 unspecified atom stereocenters. The molecule has 0 spiro atoms. The Labute approximate surface area is 415 Å². The van der Waals surface area contributed by atoms with E-state index in [1.54, 1.807) is 0 Å². The second-order valence-electron chi connectivity index (χ2n) is 21.2. The van der Waals surface area contributed by atoms with Gasteiger partial charge in [0.1, 0.15) is 0 Å². The summed E-state index contributed by atoms with van der Waals surface area (Å²) in [5, 5.41) is 7.97. The summed E-state index contributed by atoms with van der Waals surface area (Å²) in [4.78, 5) is 7.89. The summed E-state index contributed by atoms with van der Waals surface area (Å²) >= 11 is 7.69. The van der Waals surface area contributed by atoms with Crippen molar-refractivity contribution in [3.05, 3.63) is 174 Å². The molecule has 2 aliphatic rings. The lowest BCUT2D eigenvalue weighted by atomic mass is 9.33. The van der Waals surface area contributed by atoms with Gasteiger partial charge in [-0.15, -0.1) is 45.3 Å². The fraction of sp³-hybridized carbons (Fsp3) is 0.180. The minimum absolute atomic E-state index is 0.00415. The average Bonchev–Trinajstić information content (AvgIpc) is 4.13. The van der Waals surface area contributed by atoms with Crippen molar-refractivity contribution >= 4 is 142 Å². The molecule has 13 rings (SSSR count). The first-order valence-electron chi connectivity index (χ1n) is 23.9. The smallest absolute Gasteiger partial charge is 0.256 e. The monoisotopic (exact) mass is 950 g/mol. The van der Waals surface area contributed by atoms with Crippen molar-refractivity contribution < 1.29 is 0 Å². The summed E-state index contributed by atoms with van der Waals surface area (Å²) in [5.74, 6) is 0.310. The van der Waals surface area contributed by atoms with E-state index in [4.69, 9.17) is 0 Å². The zero-order valence-electron chi connectivity index (χ0n) is 39.7. The second kappa shape index (κ2) is 15.3. The lowest BCUT2D eigenvalue weighted by molar-refractivity contribution is 0.591. The SMILES string of the molecule is CC(C)c1cc2c3c(c1)N(c1cccc(-c4cc5ccccc5s4)c1)c1sc4ccc(C(C)(C)C)cc4c1B3c1c(sc3ccc(C(C)(C)C)cc13)N2c1cccc(-c2cc3ccccc3s2)c1. The highest BCUT2D eigenvalue weighted by atomic mass is 32.1. The van der Waals surface area contributed by atoms with Gasteiger partial charge < -0.3 is 9.80 Å². The maximum atomic E-state index is 2.65. The van der Waals surface area contributed by atoms with Crippen molar-refractivity contribution in [3.8, 4) is 20.9 Å². The lowest BCUT2D eigenvalue weighted by Crippen LogP contribution is -2.60. The molecule has 332 valence electrons. The van der Waals surface area contributed by atoms with Crippen molar-refractivity contribution in [3.63, 3.8) is 0 Å². The van der Waals surface area contributed by atoms with Crippen molar-refractivity contribution in [2.45, 2.75) is 72.1 Å². The van der Waals surface area contributed by atoms with E-state index in [2.05, 4.69) is 223 Å². The molecule has 0 aliphatic carbocycles. The van der Waals surface area contributed by atoms with Gasteiger partial charge in [-0.1, -0.05) is 140 Å². The largest absolute Gasteiger partial charge is 0.303 e. The van der Waals surface area contributed by atoms with Crippen molar-refractivity contribution in [2.24, 2.45) is 0 Å². The molecule has 0 fully saturated rings. The molecular weight excluding hydrogens is 900 g/mol. The predicted octanol–water partition coefficient (Wildman–Crippen LogP) is 17.7. The Morgan fingerprint density at radius 3 is 1.31 bits per heavy atom. The fourth-order valence-electron chi connectivity index (χ4n) is 10.7. The van der Waals surface area contributed by atoms with E-state index in [1.807, 2.05) is 45.3 Å². The highest BCUT2D eigenvalue weighted by Gasteiger charge is 2.47. The van der Waals surface area contributed by atoms with Crippen LogP contribution < -0.4 is 26.2 Å². The van der Waals surface area contributed by atoms with E-state index in [9.17, 15) is 0 Å². The van der Waals surface area contributed by atoms with Gasteiger partial charge in [0.25, 0.3) is 6.71 Å². The number of hydrogen-bond acceptors (Lipinski definition) is 6. The third-order valence-corrected chi connectivity index (χ3v) is 19.0. The van der Waals surface area contributed by atoms with Crippen LogP contribution in [0.15, 0.2) is 158 Å². The number of nitrogens with zero attached hydrogens (tertiary/aromatic N) is 2. The van der Waals surface area contributed by atoms with Crippen LogP contribution in [0, 0.1) is 0 Å². The van der Waals surface area contributed by atoms with Gasteiger partial charge in [0.15, 0.2) is 0 Å². The predicted molar refractivity (Wildman–Crippen MR) is 304 cm³/mol. The molecule has 6 heterocycles. The number of benzene rings is 7. The number of thiophene rings is 4. The third-order valence-electron chi connectivity index (χ3n) is 14.4. The quantitative estimate of drug-likeness (QED) is 0.159. The molecule has 0 amide bonds. The topological polar surface area (TPSA) is 6.48 Å². The van der Waals surface area contributed by atoms with Gasteiger partial charge >= 0.3 is 0 Å². The number of hydrogen-bond donors (Lipinski definition) is 0. The first kappa shape index (κ1) is 42.2. The molecule has 0 N–H and O–H groups in total. The van der Waals surface area contributed by atoms with Gasteiger partial charge in [0.2, 0.25) is 0 Å². The van der Waals surface area contributed by atoms with E-state index in [1.165, 1.54) is 127 Å². The number of anilines is 6. The first-order chi connectivity index (χ1) is 32.8. The van der Waals surface area contributed by atoms with E-state index in [0.29, 0.717) is 5.92 Å². The second-order valence-corrected chi connectivity index (χ2v) is 25.4. The summed E-state index contributed by atoms with van der Waals surface area (Å²) in [6.45, 7) is 18.8. The molecule has 11 aromatic rings. The Morgan fingerprint density at radius 1 is 0.426 bits per heavy atom. The number of fused-ring (bicyclic) bond motifs is 10. The van der Waals surface area contributed by atoms with Crippen LogP contribution in [0.5, 0.6) is 0 Å². The van der Waals surface area contributed by atoms with Crippen LogP contribution in [-0.2, 0) is 10.8 Å². The molecular formula is C61H51BN2S4. The van der Waals surface area contributed by atoms with E-state index < -0.39 is 0 Å². The van der Waals surface area contributed by atoms with Gasteiger partial charge in [-0.25, -0.2) is 0 Å². The summed E-state index contributed by atoms with van der Waals surface area (Å²) < 4.78 is 5.31. The van der Waals surface area contributed by atoms with Crippen molar-refractivity contribution in [2.75, 3.05) is 9.80 Å². The molecule has 0 radical (unpaired) electrons. The van der Waals surface area contributed by atoms with Crippen LogP contribution in [-0.4, -0.2) is 6.71 Å². The van der Waals surface area contributed by atoms with Gasteiger partial charge in [-0.3, -0.25) is 0 Å². The Morgan fingerprint density at radius 2 is 0.882 bits per heavy atom. The van der Waals surface area contributed by atoms with Gasteiger partial charge in [0.05, 0.1) is 10.0 Å². The molecule has 0 atom stereocenters. The Bertz CT molecular complexity index is 3540. The Kier molecular flexibility index (Phi) is 9.47. The molecule has 0 bridgehead atoms. The van der Waals surface area contributed by atoms with Crippen molar-refractivity contribution in [1.82, 2.24) is 0 Å². The van der Waals surface area contributed by atoms with Crippen LogP contribution in [0.2, 0.25) is 0 Å². The molecule has 7 aromatic carbocycles. The molecule has 2 nitrogen and oxygen atoms in total. The molecule has 7 heteroatoms. The molecule has 4 aromatic heterocycles. The van der Waals surface area contributed by atoms with E-state index in [-0.39, 0.29) is 17.5 Å². The first-order valence-corrected chi connectivity index (χ1v) is 27.1. The summed E-state index contributed by atoms with van der Waals surface area (Å²) in [5.41, 5.74) is 15.7. The molecule has 68 heavy (non-hydrogen) atoms. The number of rotatable bonds is 5. The molecule has 0 saturated heterocycles. The lowest BCUT2D eigenvalue weighted by Gasteiger charge is -2.42. The van der Waals surface area contributed by atoms with Crippen LogP contribution in [0.1, 0.15) is 78.0 Å². The normalized spacial score (nSPS) is 13.6. The van der Waals surface area contributed by atoms with Gasteiger partial charge in [-0.05, 0) is 155 Å². The van der Waals surface area contributed by atoms with Gasteiger partial charge in [0, 0.05) is 51.3 Å². The Hall–Kier alpha value is -5.96. The zero-order chi connectivity index (χ0) is 46.4. The summed E-state index contributed by atoms with van der Waals surface area (Å²) in [6, 6.07) is 60.8. The Balaban J connectivity index is 1.13. The van der Waals surface area contributed by atoms with Gasteiger partial charge in [-0.2, -0.15) is 0 Å². The van der Waals surface area contributed by atoms with Crippen LogP contribution in [0.3, 0.4) is 0 Å². The average molecular weight is 951 g/mol. The maximum absolute atomic E-state index is 2.65. The van der Waals surface area contributed by atoms with E-state index in [0.717, 1.165) is 0 Å². The highest BCUT2D eigenvalue weighted by molar-refractivity contribution is 7.29. The molecule has 2 aliphatic heterocycles. The highest BCUT2D eigenvalue weighted by Crippen LogP contribution is 2.52. The van der Waals surface area contributed by atoms with Crippen LogP contribution in [0.4, 0.5) is 32.8 Å². The summed E-state index contributed by atoms with van der Waals surface area (Å²) in [6.07, 6.45) is 0. The zero-order valence-corrected chi connectivity index (χ0v) is 43.0. The maximum Gasteiger partial charge on any atom is 0.256 e. The van der Waals surface area contributed by atoms with E-state index >= 15 is 0 Å². The summed E-state index contributed by atoms with van der Waals surface area (Å²) in [7, 11) is 0. The minimum Gasteiger partial charge on any atom is -0.303 e. The van der Waals surface area contributed by atoms with Crippen LogP contribution >= 0.6 is 45.3 Å². The fourth-order valence-corrected chi connectivity index (χ4v) is 15.3. The molecule has 0 saturated carbocycles. The third kappa shape index (κ3) is 6.60. The minimum atomic E-state index is -0.00415.